The van der Waals surface area contributed by atoms with Crippen molar-refractivity contribution in [3.63, 3.8) is 0 Å². The molecule has 0 atom stereocenters. The van der Waals surface area contributed by atoms with Crippen LogP contribution < -0.4 is 5.32 Å². The average molecular weight is 297 g/mol. The molecule has 1 saturated carbocycles. The van der Waals surface area contributed by atoms with Gasteiger partial charge in [-0.05, 0) is 26.3 Å². The van der Waals surface area contributed by atoms with E-state index in [1.165, 1.54) is 12.8 Å². The molecule has 5 heteroatoms. The molecule has 1 fully saturated rings. The highest BCUT2D eigenvalue weighted by atomic mass is 35.5. The third-order valence-electron chi connectivity index (χ3n) is 3.78. The summed E-state index contributed by atoms with van der Waals surface area (Å²) in [6, 6.07) is 0.808. The Balaban J connectivity index is 1.97. The summed E-state index contributed by atoms with van der Waals surface area (Å²) >= 11 is 6.19. The molecule has 0 radical (unpaired) electrons. The molecule has 0 saturated heterocycles. The predicted molar refractivity (Wildman–Crippen MR) is 84.6 cm³/mol. The lowest BCUT2D eigenvalue weighted by Crippen LogP contribution is -2.31. The first-order valence-corrected chi connectivity index (χ1v) is 7.92. The Labute approximate surface area is 126 Å². The summed E-state index contributed by atoms with van der Waals surface area (Å²) in [6.45, 7) is 11.4. The van der Waals surface area contributed by atoms with Crippen LogP contribution in [-0.2, 0) is 0 Å². The summed E-state index contributed by atoms with van der Waals surface area (Å²) in [7, 11) is 0. The van der Waals surface area contributed by atoms with Gasteiger partial charge in [-0.25, -0.2) is 9.97 Å². The van der Waals surface area contributed by atoms with E-state index in [0.29, 0.717) is 5.15 Å². The first kappa shape index (κ1) is 15.5. The van der Waals surface area contributed by atoms with Crippen molar-refractivity contribution in [2.24, 2.45) is 0 Å². The Bertz CT molecular complexity index is 457. The largest absolute Gasteiger partial charge is 0.368 e. The molecule has 1 heterocycles. The molecule has 0 aromatic carbocycles. The molecular weight excluding hydrogens is 272 g/mol. The molecular formula is C15H25ClN4. The van der Waals surface area contributed by atoms with E-state index < -0.39 is 0 Å². The van der Waals surface area contributed by atoms with Crippen molar-refractivity contribution in [2.45, 2.75) is 52.5 Å². The van der Waals surface area contributed by atoms with Crippen LogP contribution in [0.5, 0.6) is 0 Å². The summed E-state index contributed by atoms with van der Waals surface area (Å²) in [4.78, 5) is 11.4. The van der Waals surface area contributed by atoms with Crippen LogP contribution in [0.4, 0.5) is 5.82 Å². The van der Waals surface area contributed by atoms with Crippen LogP contribution in [0.1, 0.15) is 50.9 Å². The molecule has 4 nitrogen and oxygen atoms in total. The van der Waals surface area contributed by atoms with Crippen LogP contribution >= 0.6 is 11.6 Å². The maximum Gasteiger partial charge on any atom is 0.137 e. The summed E-state index contributed by atoms with van der Waals surface area (Å²) in [5.41, 5.74) is 0.936. The summed E-state index contributed by atoms with van der Waals surface area (Å²) < 4.78 is 0. The molecule has 0 amide bonds. The molecule has 1 aromatic heterocycles. The van der Waals surface area contributed by atoms with Crippen molar-refractivity contribution in [3.8, 4) is 0 Å². The Morgan fingerprint density at radius 2 is 2.05 bits per heavy atom. The van der Waals surface area contributed by atoms with Gasteiger partial charge in [-0.3, -0.25) is 4.90 Å². The van der Waals surface area contributed by atoms with Crippen molar-refractivity contribution in [1.82, 2.24) is 14.9 Å². The number of likely N-dealkylation sites (N-methyl/N-ethyl adjacent to an activating group) is 1. The summed E-state index contributed by atoms with van der Waals surface area (Å²) in [5, 5.41) is 3.98. The third kappa shape index (κ3) is 3.83. The first-order valence-electron chi connectivity index (χ1n) is 7.54. The summed E-state index contributed by atoms with van der Waals surface area (Å²) in [5.74, 6) is 1.96. The van der Waals surface area contributed by atoms with Gasteiger partial charge in [0.1, 0.15) is 16.8 Å². The lowest BCUT2D eigenvalue weighted by Gasteiger charge is -2.20. The third-order valence-corrected chi connectivity index (χ3v) is 4.15. The second kappa shape index (κ2) is 6.72. The monoisotopic (exact) mass is 296 g/mol. The number of anilines is 1. The van der Waals surface area contributed by atoms with Crippen LogP contribution in [0.3, 0.4) is 0 Å². The fraction of sp³-hybridized carbons (Fsp3) is 0.733. The molecule has 2 rings (SSSR count). The Morgan fingerprint density at radius 1 is 1.35 bits per heavy atom. The molecule has 0 unspecified atom stereocenters. The smallest absolute Gasteiger partial charge is 0.137 e. The highest BCUT2D eigenvalue weighted by Gasteiger charge is 2.27. The van der Waals surface area contributed by atoms with Crippen molar-refractivity contribution in [3.05, 3.63) is 16.5 Å². The van der Waals surface area contributed by atoms with Crippen molar-refractivity contribution < 1.29 is 0 Å². The van der Waals surface area contributed by atoms with Gasteiger partial charge in [0.25, 0.3) is 0 Å². The van der Waals surface area contributed by atoms with Crippen molar-refractivity contribution in [2.75, 3.05) is 25.0 Å². The molecule has 20 heavy (non-hydrogen) atoms. The van der Waals surface area contributed by atoms with E-state index in [2.05, 4.69) is 41.0 Å². The maximum atomic E-state index is 6.19. The topological polar surface area (TPSA) is 41.0 Å². The van der Waals surface area contributed by atoms with Gasteiger partial charge >= 0.3 is 0 Å². The maximum absolute atomic E-state index is 6.19. The Morgan fingerprint density at radius 3 is 2.60 bits per heavy atom. The minimum atomic E-state index is 0.284. The van der Waals surface area contributed by atoms with E-state index in [4.69, 9.17) is 11.6 Å². The quantitative estimate of drug-likeness (QED) is 0.782. The van der Waals surface area contributed by atoms with E-state index in [9.17, 15) is 0 Å². The number of aromatic nitrogens is 2. The van der Waals surface area contributed by atoms with Gasteiger partial charge in [0.05, 0.1) is 0 Å². The lowest BCUT2D eigenvalue weighted by molar-refractivity contribution is 0.289. The fourth-order valence-corrected chi connectivity index (χ4v) is 2.47. The van der Waals surface area contributed by atoms with Gasteiger partial charge in [0, 0.05) is 30.6 Å². The fourth-order valence-electron chi connectivity index (χ4n) is 2.29. The zero-order valence-electron chi connectivity index (χ0n) is 12.9. The molecule has 0 spiro atoms. The van der Waals surface area contributed by atoms with E-state index >= 15 is 0 Å². The highest BCUT2D eigenvalue weighted by molar-refractivity contribution is 6.30. The standard InChI is InChI=1S/C15H25ClN4/c1-5-20(12-6-7-12)9-8-17-15-11(4)13(16)18-14(19-15)10(2)3/h10,12H,5-9H2,1-4H3,(H,17,18,19). The zero-order chi connectivity index (χ0) is 14.7. The minimum absolute atomic E-state index is 0.284. The van der Waals surface area contributed by atoms with E-state index in [-0.39, 0.29) is 5.92 Å². The number of halogens is 1. The van der Waals surface area contributed by atoms with Crippen LogP contribution in [0.2, 0.25) is 5.15 Å². The van der Waals surface area contributed by atoms with Gasteiger partial charge in [0.15, 0.2) is 0 Å². The van der Waals surface area contributed by atoms with Crippen LogP contribution in [0, 0.1) is 6.92 Å². The predicted octanol–water partition coefficient (Wildman–Crippen LogP) is 3.46. The molecule has 0 bridgehead atoms. The highest BCUT2D eigenvalue weighted by Crippen LogP contribution is 2.26. The van der Waals surface area contributed by atoms with E-state index in [1.807, 2.05) is 6.92 Å². The van der Waals surface area contributed by atoms with Crippen LogP contribution in [0.15, 0.2) is 0 Å². The van der Waals surface area contributed by atoms with Crippen molar-refractivity contribution >= 4 is 17.4 Å². The van der Waals surface area contributed by atoms with Crippen LogP contribution in [0.25, 0.3) is 0 Å². The summed E-state index contributed by atoms with van der Waals surface area (Å²) in [6.07, 6.45) is 2.70. The van der Waals surface area contributed by atoms with E-state index in [0.717, 1.165) is 42.9 Å². The first-order chi connectivity index (χ1) is 9.52. The van der Waals surface area contributed by atoms with Gasteiger partial charge in [-0.15, -0.1) is 0 Å². The number of nitrogens with one attached hydrogen (secondary N) is 1. The van der Waals surface area contributed by atoms with E-state index in [1.54, 1.807) is 0 Å². The lowest BCUT2D eigenvalue weighted by atomic mass is 10.2. The number of nitrogens with zero attached hydrogens (tertiary/aromatic N) is 3. The van der Waals surface area contributed by atoms with Crippen LogP contribution in [-0.4, -0.2) is 40.5 Å². The molecule has 1 aromatic rings. The number of hydrogen-bond donors (Lipinski definition) is 1. The number of hydrogen-bond acceptors (Lipinski definition) is 4. The minimum Gasteiger partial charge on any atom is -0.368 e. The van der Waals surface area contributed by atoms with Gasteiger partial charge < -0.3 is 5.32 Å². The Kier molecular flexibility index (Phi) is 5.22. The molecule has 1 aliphatic carbocycles. The zero-order valence-corrected chi connectivity index (χ0v) is 13.7. The number of rotatable bonds is 7. The Hall–Kier alpha value is -0.870. The van der Waals surface area contributed by atoms with Gasteiger partial charge in [0.2, 0.25) is 0 Å². The second-order valence-corrected chi connectivity index (χ2v) is 6.15. The SMILES string of the molecule is CCN(CCNc1nc(C(C)C)nc(Cl)c1C)C1CC1. The van der Waals surface area contributed by atoms with Gasteiger partial charge in [-0.2, -0.15) is 0 Å². The molecule has 1 aliphatic rings. The molecule has 1 N–H and O–H groups in total. The second-order valence-electron chi connectivity index (χ2n) is 5.79. The van der Waals surface area contributed by atoms with Crippen molar-refractivity contribution in [1.29, 1.82) is 0 Å². The molecule has 0 aliphatic heterocycles. The molecule has 112 valence electrons. The van der Waals surface area contributed by atoms with Gasteiger partial charge in [-0.1, -0.05) is 32.4 Å². The normalized spacial score (nSPS) is 15.2. The average Bonchev–Trinajstić information content (AvgIpc) is 3.23.